The molecule has 0 aliphatic carbocycles. The zero-order valence-corrected chi connectivity index (χ0v) is 8.01. The lowest BCUT2D eigenvalue weighted by Gasteiger charge is -2.18. The Kier molecular flexibility index (Phi) is 3.90. The van der Waals surface area contributed by atoms with Crippen molar-refractivity contribution in [2.24, 2.45) is 5.84 Å². The van der Waals surface area contributed by atoms with Gasteiger partial charge in [-0.3, -0.25) is 0 Å². The van der Waals surface area contributed by atoms with Crippen LogP contribution in [0.4, 0.5) is 11.5 Å². The number of nitrogens with two attached hydrogens (primary N) is 1. The fourth-order valence-corrected chi connectivity index (χ4v) is 1.10. The third kappa shape index (κ3) is 2.83. The van der Waals surface area contributed by atoms with Crippen molar-refractivity contribution in [3.05, 3.63) is 18.3 Å². The molecule has 1 heterocycles. The van der Waals surface area contributed by atoms with Gasteiger partial charge in [-0.25, -0.2) is 10.8 Å². The van der Waals surface area contributed by atoms with Gasteiger partial charge >= 0.3 is 0 Å². The van der Waals surface area contributed by atoms with Crippen LogP contribution in [0.5, 0.6) is 0 Å². The summed E-state index contributed by atoms with van der Waals surface area (Å²) in [5.41, 5.74) is 3.14. The van der Waals surface area contributed by atoms with Crippen molar-refractivity contribution in [1.82, 2.24) is 4.98 Å². The van der Waals surface area contributed by atoms with Gasteiger partial charge in [-0.1, -0.05) is 0 Å². The number of nitriles is 2. The zero-order chi connectivity index (χ0) is 11.1. The monoisotopic (exact) mass is 202 g/mol. The van der Waals surface area contributed by atoms with E-state index in [2.05, 4.69) is 10.4 Å². The summed E-state index contributed by atoms with van der Waals surface area (Å²) in [5.74, 6) is 5.70. The van der Waals surface area contributed by atoms with E-state index in [1.807, 2.05) is 12.1 Å². The van der Waals surface area contributed by atoms with E-state index in [9.17, 15) is 0 Å². The van der Waals surface area contributed by atoms with Gasteiger partial charge in [0.1, 0.15) is 18.9 Å². The Balaban J connectivity index is 2.91. The average molecular weight is 202 g/mol. The van der Waals surface area contributed by atoms with Gasteiger partial charge < -0.3 is 10.3 Å². The number of nitrogen functional groups attached to an aromatic ring is 1. The maximum atomic E-state index is 8.59. The largest absolute Gasteiger partial charge is 0.345 e. The summed E-state index contributed by atoms with van der Waals surface area (Å²) in [4.78, 5) is 5.56. The fraction of sp³-hybridized carbons (Fsp3) is 0.222. The number of anilines is 2. The Morgan fingerprint density at radius 3 is 2.60 bits per heavy atom. The van der Waals surface area contributed by atoms with Crippen LogP contribution < -0.4 is 16.2 Å². The minimum Gasteiger partial charge on any atom is -0.345 e. The van der Waals surface area contributed by atoms with Gasteiger partial charge in [-0.05, 0) is 6.07 Å². The van der Waals surface area contributed by atoms with Crippen LogP contribution in [0.15, 0.2) is 18.3 Å². The number of hydrogen-bond donors (Lipinski definition) is 2. The molecule has 0 aliphatic heterocycles. The predicted molar refractivity (Wildman–Crippen MR) is 55.5 cm³/mol. The molecule has 3 N–H and O–H groups in total. The highest BCUT2D eigenvalue weighted by Crippen LogP contribution is 2.15. The van der Waals surface area contributed by atoms with E-state index in [4.69, 9.17) is 16.4 Å². The van der Waals surface area contributed by atoms with E-state index < -0.39 is 0 Å². The Morgan fingerprint density at radius 1 is 1.40 bits per heavy atom. The first-order valence-electron chi connectivity index (χ1n) is 4.23. The van der Waals surface area contributed by atoms with Crippen LogP contribution in [-0.2, 0) is 0 Å². The molecular formula is C9H10N6. The Bertz CT molecular complexity index is 386. The van der Waals surface area contributed by atoms with E-state index >= 15 is 0 Å². The van der Waals surface area contributed by atoms with Crippen molar-refractivity contribution in [1.29, 1.82) is 10.5 Å². The molecule has 0 aliphatic rings. The third-order valence-electron chi connectivity index (χ3n) is 1.78. The quantitative estimate of drug-likeness (QED) is 0.411. The summed E-state index contributed by atoms with van der Waals surface area (Å²) in [6.07, 6.45) is 1.56. The summed E-state index contributed by atoms with van der Waals surface area (Å²) >= 11 is 0. The molecule has 0 spiro atoms. The van der Waals surface area contributed by atoms with Crippen LogP contribution in [0.3, 0.4) is 0 Å². The number of rotatable bonds is 4. The topological polar surface area (TPSA) is 102 Å². The van der Waals surface area contributed by atoms with Gasteiger partial charge in [0.2, 0.25) is 0 Å². The molecular weight excluding hydrogens is 192 g/mol. The molecule has 0 saturated heterocycles. The molecule has 76 valence electrons. The van der Waals surface area contributed by atoms with Crippen LogP contribution in [0.25, 0.3) is 0 Å². The second-order valence-electron chi connectivity index (χ2n) is 2.72. The lowest BCUT2D eigenvalue weighted by Crippen LogP contribution is -2.24. The smallest absolute Gasteiger partial charge is 0.141 e. The average Bonchev–Trinajstić information content (AvgIpc) is 2.29. The number of hydrazine groups is 1. The molecule has 1 aromatic rings. The molecule has 1 aromatic heterocycles. The normalized spacial score (nSPS) is 8.73. The molecule has 6 heteroatoms. The standard InChI is InChI=1S/C9H10N6/c10-2-5-15(6-3-11)8-1-4-13-9(7-8)14-12/h1,4,7H,5-6,12H2,(H,13,14). The first-order valence-corrected chi connectivity index (χ1v) is 4.23. The SMILES string of the molecule is N#CCN(CC#N)c1ccnc(NN)c1. The van der Waals surface area contributed by atoms with Crippen molar-refractivity contribution in [3.63, 3.8) is 0 Å². The second kappa shape index (κ2) is 5.43. The summed E-state index contributed by atoms with van der Waals surface area (Å²) in [7, 11) is 0. The van der Waals surface area contributed by atoms with Crippen LogP contribution in [0.2, 0.25) is 0 Å². The van der Waals surface area contributed by atoms with Crippen LogP contribution >= 0.6 is 0 Å². The van der Waals surface area contributed by atoms with Crippen molar-refractivity contribution in [2.75, 3.05) is 23.4 Å². The van der Waals surface area contributed by atoms with Gasteiger partial charge in [-0.2, -0.15) is 10.5 Å². The first kappa shape index (κ1) is 10.8. The minimum absolute atomic E-state index is 0.154. The van der Waals surface area contributed by atoms with E-state index in [0.29, 0.717) is 5.82 Å². The Morgan fingerprint density at radius 2 is 2.07 bits per heavy atom. The number of nitrogens with zero attached hydrogens (tertiary/aromatic N) is 4. The lowest BCUT2D eigenvalue weighted by atomic mass is 10.3. The number of nitrogens with one attached hydrogen (secondary N) is 1. The van der Waals surface area contributed by atoms with E-state index in [-0.39, 0.29) is 13.1 Å². The fourth-order valence-electron chi connectivity index (χ4n) is 1.10. The Hall–Kier alpha value is -2.31. The van der Waals surface area contributed by atoms with Gasteiger partial charge in [-0.15, -0.1) is 0 Å². The molecule has 6 nitrogen and oxygen atoms in total. The maximum Gasteiger partial charge on any atom is 0.141 e. The molecule has 1 rings (SSSR count). The summed E-state index contributed by atoms with van der Waals surface area (Å²) < 4.78 is 0. The van der Waals surface area contributed by atoms with E-state index in [1.54, 1.807) is 23.2 Å². The Labute approximate surface area is 87.5 Å². The molecule has 0 atom stereocenters. The van der Waals surface area contributed by atoms with Crippen LogP contribution in [0, 0.1) is 22.7 Å². The van der Waals surface area contributed by atoms with Crippen LogP contribution in [-0.4, -0.2) is 18.1 Å². The van der Waals surface area contributed by atoms with Crippen molar-refractivity contribution in [3.8, 4) is 12.1 Å². The molecule has 0 amide bonds. The molecule has 0 saturated carbocycles. The predicted octanol–water partition coefficient (Wildman–Crippen LogP) is 0.221. The zero-order valence-electron chi connectivity index (χ0n) is 8.01. The number of pyridine rings is 1. The second-order valence-corrected chi connectivity index (χ2v) is 2.72. The van der Waals surface area contributed by atoms with Gasteiger partial charge in [0.15, 0.2) is 0 Å². The number of aromatic nitrogens is 1. The summed E-state index contributed by atoms with van der Waals surface area (Å²) in [5, 5.41) is 17.2. The molecule has 0 aromatic carbocycles. The molecule has 0 unspecified atom stereocenters. The van der Waals surface area contributed by atoms with Crippen LogP contribution in [0.1, 0.15) is 0 Å². The van der Waals surface area contributed by atoms with Crippen molar-refractivity contribution in [2.45, 2.75) is 0 Å². The summed E-state index contributed by atoms with van der Waals surface area (Å²) in [6, 6.07) is 7.38. The van der Waals surface area contributed by atoms with E-state index in [1.165, 1.54) is 0 Å². The van der Waals surface area contributed by atoms with Gasteiger partial charge in [0.05, 0.1) is 12.1 Å². The minimum atomic E-state index is 0.154. The number of hydrogen-bond acceptors (Lipinski definition) is 6. The highest BCUT2D eigenvalue weighted by Gasteiger charge is 2.05. The highest BCUT2D eigenvalue weighted by atomic mass is 15.2. The first-order chi connectivity index (χ1) is 7.31. The third-order valence-corrected chi connectivity index (χ3v) is 1.78. The highest BCUT2D eigenvalue weighted by molar-refractivity contribution is 5.54. The molecule has 15 heavy (non-hydrogen) atoms. The van der Waals surface area contributed by atoms with E-state index in [0.717, 1.165) is 5.69 Å². The van der Waals surface area contributed by atoms with Crippen molar-refractivity contribution >= 4 is 11.5 Å². The molecule has 0 fully saturated rings. The maximum absolute atomic E-state index is 8.59. The van der Waals surface area contributed by atoms with Crippen molar-refractivity contribution < 1.29 is 0 Å². The molecule has 0 radical (unpaired) electrons. The van der Waals surface area contributed by atoms with Gasteiger partial charge in [0.25, 0.3) is 0 Å². The lowest BCUT2D eigenvalue weighted by molar-refractivity contribution is 0.963. The van der Waals surface area contributed by atoms with Gasteiger partial charge in [0, 0.05) is 18.0 Å². The molecule has 0 bridgehead atoms. The summed E-state index contributed by atoms with van der Waals surface area (Å²) in [6.45, 7) is 0.309.